The highest BCUT2D eigenvalue weighted by Crippen LogP contribution is 2.23. The number of hydrogen-bond acceptors (Lipinski definition) is 11. The van der Waals surface area contributed by atoms with Gasteiger partial charge < -0.3 is 57.4 Å². The van der Waals surface area contributed by atoms with E-state index >= 15 is 0 Å². The number of primary amides is 1. The summed E-state index contributed by atoms with van der Waals surface area (Å²) < 4.78 is 0. The fourth-order valence-electron chi connectivity index (χ4n) is 8.17. The van der Waals surface area contributed by atoms with Gasteiger partial charge in [-0.3, -0.25) is 43.2 Å². The van der Waals surface area contributed by atoms with Crippen molar-refractivity contribution in [2.45, 2.75) is 121 Å². The van der Waals surface area contributed by atoms with Gasteiger partial charge in [-0.1, -0.05) is 13.8 Å². The van der Waals surface area contributed by atoms with Gasteiger partial charge in [0.15, 0.2) is 0 Å². The van der Waals surface area contributed by atoms with Gasteiger partial charge in [-0.25, -0.2) is 4.79 Å². The van der Waals surface area contributed by atoms with E-state index in [4.69, 9.17) is 11.5 Å². The van der Waals surface area contributed by atoms with Crippen LogP contribution in [0.3, 0.4) is 0 Å². The molecule has 0 unspecified atom stereocenters. The number of amides is 9. The van der Waals surface area contributed by atoms with Gasteiger partial charge in [0.05, 0.1) is 19.6 Å². The van der Waals surface area contributed by atoms with Crippen molar-refractivity contribution in [2.24, 2.45) is 17.4 Å². The topological polar surface area (TPSA) is 304 Å². The molecule has 4 aliphatic heterocycles. The van der Waals surface area contributed by atoms with Crippen LogP contribution in [0.15, 0.2) is 0 Å². The lowest BCUT2D eigenvalue weighted by atomic mass is 10.0. The predicted molar refractivity (Wildman–Crippen MR) is 203 cm³/mol. The third kappa shape index (κ3) is 11.6. The van der Waals surface area contributed by atoms with E-state index in [2.05, 4.69) is 21.3 Å². The average molecular weight is 819 g/mol. The molecule has 4 aliphatic rings. The molecule has 0 aliphatic carbocycles. The summed E-state index contributed by atoms with van der Waals surface area (Å²) >= 11 is 0. The van der Waals surface area contributed by atoms with Crippen molar-refractivity contribution in [3.63, 3.8) is 0 Å². The van der Waals surface area contributed by atoms with Crippen LogP contribution in [0.5, 0.6) is 0 Å². The van der Waals surface area contributed by atoms with Gasteiger partial charge in [0.2, 0.25) is 53.2 Å². The lowest BCUT2D eigenvalue weighted by Crippen LogP contribution is -2.57. The highest BCUT2D eigenvalue weighted by molar-refractivity contribution is 5.97. The predicted octanol–water partition coefficient (Wildman–Crippen LogP) is -3.49. The van der Waals surface area contributed by atoms with Crippen molar-refractivity contribution in [1.29, 1.82) is 0 Å². The first-order chi connectivity index (χ1) is 27.5. The van der Waals surface area contributed by atoms with E-state index in [0.717, 1.165) is 0 Å². The molecule has 0 aromatic carbocycles. The second-order valence-electron chi connectivity index (χ2n) is 15.7. The molecule has 0 aromatic heterocycles. The zero-order chi connectivity index (χ0) is 42.7. The highest BCUT2D eigenvalue weighted by Gasteiger charge is 2.42. The molecule has 0 aromatic rings. The Hall–Kier alpha value is -5.34. The standard InChI is InChI=1S/C37H58N10O11/c1-21(2)17-23(37(57)58)43-35(55)27-10-5-15-46(27)31(51)20-41-33(53)25-8-6-16-47(25)36(56)22(11-12-28(39)48)42-34(54)26-9-4-14-45(26)30(50)19-40-32(52)24-7-3-13-44(24)29(49)18-38/h21-27H,3-20,38H2,1-2H3,(H2,39,48)(H,40,52)(H,41,53)(H,42,54)(H,43,55)(H,57,58)/t22-,23-,24-,25-,26-,27-/m0/s1. The van der Waals surface area contributed by atoms with Gasteiger partial charge in [0, 0.05) is 32.6 Å². The average Bonchev–Trinajstić information content (AvgIpc) is 4.02. The Morgan fingerprint density at radius 3 is 1.41 bits per heavy atom. The maximum absolute atomic E-state index is 14.0. The van der Waals surface area contributed by atoms with E-state index in [1.54, 1.807) is 0 Å². The normalized spacial score (nSPS) is 22.7. The first-order valence-electron chi connectivity index (χ1n) is 20.1. The van der Waals surface area contributed by atoms with Crippen molar-refractivity contribution >= 4 is 59.1 Å². The van der Waals surface area contributed by atoms with Gasteiger partial charge in [0.25, 0.3) is 0 Å². The minimum atomic E-state index is -1.28. The number of carbonyl (C=O) groups excluding carboxylic acids is 9. The van der Waals surface area contributed by atoms with Crippen molar-refractivity contribution in [3.05, 3.63) is 0 Å². The van der Waals surface area contributed by atoms with E-state index in [-0.39, 0.29) is 70.1 Å². The number of nitrogens with one attached hydrogen (secondary N) is 4. The summed E-state index contributed by atoms with van der Waals surface area (Å²) in [5.74, 6) is -6.41. The van der Waals surface area contributed by atoms with Crippen molar-refractivity contribution in [1.82, 2.24) is 40.9 Å². The highest BCUT2D eigenvalue weighted by atomic mass is 16.4. The van der Waals surface area contributed by atoms with Crippen LogP contribution in [0.4, 0.5) is 0 Å². The number of likely N-dealkylation sites (tertiary alicyclic amines) is 4. The van der Waals surface area contributed by atoms with Crippen molar-refractivity contribution in [3.8, 4) is 0 Å². The number of hydrogen-bond donors (Lipinski definition) is 7. The SMILES string of the molecule is CC(C)C[C@H](NC(=O)[C@@H]1CCCN1C(=O)CNC(=O)[C@@H]1CCCN1C(=O)[C@H](CCC(N)=O)NC(=O)[C@@H]1CCCN1C(=O)CNC(=O)[C@@H]1CCCN1C(=O)CN)C(=O)O. The number of carboxylic acid groups (broad SMARTS) is 1. The second-order valence-corrected chi connectivity index (χ2v) is 15.7. The fraction of sp³-hybridized carbons (Fsp3) is 0.730. The van der Waals surface area contributed by atoms with Crippen LogP contribution in [0.1, 0.15) is 84.5 Å². The monoisotopic (exact) mass is 818 g/mol. The van der Waals surface area contributed by atoms with E-state index in [9.17, 15) is 53.1 Å². The Morgan fingerprint density at radius 2 is 1.00 bits per heavy atom. The van der Waals surface area contributed by atoms with Gasteiger partial charge in [-0.05, 0) is 70.1 Å². The van der Waals surface area contributed by atoms with Crippen LogP contribution in [0.25, 0.3) is 0 Å². The molecular formula is C37H58N10O11. The van der Waals surface area contributed by atoms with Crippen LogP contribution < -0.4 is 32.7 Å². The molecule has 0 spiro atoms. The summed E-state index contributed by atoms with van der Waals surface area (Å²) in [4.78, 5) is 134. The Bertz CT molecular complexity index is 1610. The number of carboxylic acids is 1. The third-order valence-electron chi connectivity index (χ3n) is 11.1. The van der Waals surface area contributed by atoms with Crippen LogP contribution >= 0.6 is 0 Å². The number of nitrogens with two attached hydrogens (primary N) is 2. The quantitative estimate of drug-likeness (QED) is 0.0709. The molecule has 4 saturated heterocycles. The summed E-state index contributed by atoms with van der Waals surface area (Å²) in [7, 11) is 0. The first-order valence-corrected chi connectivity index (χ1v) is 20.1. The molecule has 322 valence electrons. The van der Waals surface area contributed by atoms with Crippen LogP contribution in [-0.2, 0) is 47.9 Å². The number of nitrogens with zero attached hydrogens (tertiary/aromatic N) is 4. The van der Waals surface area contributed by atoms with Gasteiger partial charge in [0.1, 0.15) is 36.3 Å². The molecule has 0 saturated carbocycles. The lowest BCUT2D eigenvalue weighted by Gasteiger charge is -2.31. The molecule has 9 N–H and O–H groups in total. The number of rotatable bonds is 18. The molecule has 6 atom stereocenters. The molecule has 0 radical (unpaired) electrons. The number of aliphatic carboxylic acids is 1. The maximum atomic E-state index is 14.0. The summed E-state index contributed by atoms with van der Waals surface area (Å²) in [5, 5.41) is 19.9. The summed E-state index contributed by atoms with van der Waals surface area (Å²) in [6, 6.07) is -6.05. The molecular weight excluding hydrogens is 760 g/mol. The van der Waals surface area contributed by atoms with E-state index in [0.29, 0.717) is 45.1 Å². The zero-order valence-corrected chi connectivity index (χ0v) is 33.2. The molecule has 4 fully saturated rings. The number of carbonyl (C=O) groups is 10. The Morgan fingerprint density at radius 1 is 0.603 bits per heavy atom. The Kier molecular flexibility index (Phi) is 16.3. The molecule has 58 heavy (non-hydrogen) atoms. The molecule has 9 amide bonds. The van der Waals surface area contributed by atoms with E-state index < -0.39 is 103 Å². The Labute approximate surface area is 336 Å². The maximum Gasteiger partial charge on any atom is 0.326 e. The summed E-state index contributed by atoms with van der Waals surface area (Å²) in [6.07, 6.45) is 3.04. The van der Waals surface area contributed by atoms with E-state index in [1.165, 1.54) is 19.6 Å². The van der Waals surface area contributed by atoms with Gasteiger partial charge in [-0.2, -0.15) is 0 Å². The minimum Gasteiger partial charge on any atom is -0.480 e. The first kappa shape index (κ1) is 45.4. The van der Waals surface area contributed by atoms with Crippen molar-refractivity contribution in [2.75, 3.05) is 45.8 Å². The van der Waals surface area contributed by atoms with Crippen LogP contribution in [0.2, 0.25) is 0 Å². The van der Waals surface area contributed by atoms with Crippen LogP contribution in [0, 0.1) is 5.92 Å². The molecule has 4 heterocycles. The zero-order valence-electron chi connectivity index (χ0n) is 33.2. The summed E-state index contributed by atoms with van der Waals surface area (Å²) in [5.41, 5.74) is 10.8. The van der Waals surface area contributed by atoms with Gasteiger partial charge in [-0.15, -0.1) is 0 Å². The molecule has 0 bridgehead atoms. The minimum absolute atomic E-state index is 0.00143. The fourth-order valence-corrected chi connectivity index (χ4v) is 8.17. The smallest absolute Gasteiger partial charge is 0.326 e. The second kappa shape index (κ2) is 20.9. The molecule has 4 rings (SSSR count). The lowest BCUT2D eigenvalue weighted by molar-refractivity contribution is -0.145. The van der Waals surface area contributed by atoms with Crippen molar-refractivity contribution < 1.29 is 53.1 Å². The largest absolute Gasteiger partial charge is 0.480 e. The third-order valence-corrected chi connectivity index (χ3v) is 11.1. The van der Waals surface area contributed by atoms with E-state index in [1.807, 2.05) is 13.8 Å². The molecule has 21 heteroatoms. The van der Waals surface area contributed by atoms with Gasteiger partial charge >= 0.3 is 5.97 Å². The molecule has 21 nitrogen and oxygen atoms in total. The van der Waals surface area contributed by atoms with Crippen LogP contribution in [-0.4, -0.2) is 166 Å². The Balaban J connectivity index is 1.34. The summed E-state index contributed by atoms with van der Waals surface area (Å²) in [6.45, 7) is 3.49.